The van der Waals surface area contributed by atoms with Crippen molar-refractivity contribution in [2.75, 3.05) is 11.9 Å². The Labute approximate surface area is 163 Å². The standard InChI is InChI=1S/C14H20N5O7PS/c1-5(2)11(22)17-14-16-10-7(12(23)18-14)15-4-19(10)13-9(26-27(24)25)8(21)6(3-20)28-13/h4-6,8-9,13,20-21,27H,3H2,1-2H3,(H,24,25)(H2,16,17,18,22,23)/t6-,8-,9-,13-/m1/s1. The molecule has 2 aromatic heterocycles. The number of aromatic nitrogens is 4. The van der Waals surface area contributed by atoms with E-state index in [1.54, 1.807) is 13.8 Å². The molecule has 3 rings (SSSR count). The largest absolute Gasteiger partial charge is 0.395 e. The van der Waals surface area contributed by atoms with Crippen LogP contribution >= 0.6 is 20.0 Å². The lowest BCUT2D eigenvalue weighted by atomic mass is 10.1. The highest BCUT2D eigenvalue weighted by molar-refractivity contribution is 8.00. The molecular formula is C14H20N5O7PS. The second-order valence-corrected chi connectivity index (χ2v) is 8.60. The van der Waals surface area contributed by atoms with Crippen LogP contribution in [0.4, 0.5) is 5.95 Å². The second-order valence-electron chi connectivity index (χ2n) is 6.47. The second kappa shape index (κ2) is 8.31. The molecule has 14 heteroatoms. The number of amides is 1. The molecular weight excluding hydrogens is 413 g/mol. The Morgan fingerprint density at radius 1 is 1.54 bits per heavy atom. The molecule has 0 saturated carbocycles. The summed E-state index contributed by atoms with van der Waals surface area (Å²) in [6.45, 7) is 2.98. The number of fused-ring (bicyclic) bond motifs is 1. The third-order valence-electron chi connectivity index (χ3n) is 4.20. The average molecular weight is 433 g/mol. The number of thioether (sulfide) groups is 1. The van der Waals surface area contributed by atoms with Gasteiger partial charge in [0, 0.05) is 5.92 Å². The maximum Gasteiger partial charge on any atom is 0.317 e. The number of aromatic amines is 1. The smallest absolute Gasteiger partial charge is 0.317 e. The number of hydrogen-bond donors (Lipinski definition) is 5. The van der Waals surface area contributed by atoms with Crippen LogP contribution in [0.1, 0.15) is 19.2 Å². The Hall–Kier alpha value is -1.76. The fraction of sp³-hybridized carbons (Fsp3) is 0.571. The van der Waals surface area contributed by atoms with Gasteiger partial charge in [-0.1, -0.05) is 13.8 Å². The van der Waals surface area contributed by atoms with Crippen molar-refractivity contribution in [1.82, 2.24) is 19.5 Å². The van der Waals surface area contributed by atoms with Gasteiger partial charge in [-0.25, -0.2) is 4.98 Å². The van der Waals surface area contributed by atoms with Crippen molar-refractivity contribution in [2.24, 2.45) is 5.92 Å². The Morgan fingerprint density at radius 3 is 2.86 bits per heavy atom. The zero-order chi connectivity index (χ0) is 20.6. The number of rotatable bonds is 6. The fourth-order valence-corrected chi connectivity index (χ4v) is 4.79. The average Bonchev–Trinajstić information content (AvgIpc) is 3.16. The summed E-state index contributed by atoms with van der Waals surface area (Å²) in [7, 11) is -3.38. The van der Waals surface area contributed by atoms with Crippen LogP contribution in [0.5, 0.6) is 0 Å². The lowest BCUT2D eigenvalue weighted by Gasteiger charge is -2.21. The van der Waals surface area contributed by atoms with Crippen molar-refractivity contribution in [3.63, 3.8) is 0 Å². The topological polar surface area (TPSA) is 180 Å². The Morgan fingerprint density at radius 2 is 2.25 bits per heavy atom. The summed E-state index contributed by atoms with van der Waals surface area (Å²) in [6, 6.07) is 0. The van der Waals surface area contributed by atoms with Crippen LogP contribution in [0.25, 0.3) is 11.2 Å². The van der Waals surface area contributed by atoms with Gasteiger partial charge >= 0.3 is 8.25 Å². The fourth-order valence-electron chi connectivity index (χ4n) is 2.77. The molecule has 1 saturated heterocycles. The van der Waals surface area contributed by atoms with Gasteiger partial charge in [0.1, 0.15) is 11.5 Å². The summed E-state index contributed by atoms with van der Waals surface area (Å²) in [5.74, 6) is -0.759. The van der Waals surface area contributed by atoms with Gasteiger partial charge in [0.2, 0.25) is 11.9 Å². The first-order valence-electron chi connectivity index (χ1n) is 8.34. The summed E-state index contributed by atoms with van der Waals surface area (Å²) in [6.07, 6.45) is -1.07. The lowest BCUT2D eigenvalue weighted by molar-refractivity contribution is -0.118. The molecule has 0 spiro atoms. The Kier molecular flexibility index (Phi) is 6.22. The van der Waals surface area contributed by atoms with Gasteiger partial charge in [-0.3, -0.25) is 29.0 Å². The summed E-state index contributed by atoms with van der Waals surface area (Å²) >= 11 is 1.10. The van der Waals surface area contributed by atoms with Crippen molar-refractivity contribution in [3.8, 4) is 0 Å². The number of carbonyl (C=O) groups is 1. The predicted octanol–water partition coefficient (Wildman–Crippen LogP) is -0.552. The SMILES string of the molecule is CC(C)C(=O)Nc1nc2c(ncn2[C@@H]2S[C@H](CO)[C@@H](O)[C@H]2O[PH](=O)O)c(=O)[nH]1. The minimum Gasteiger partial charge on any atom is -0.395 e. The van der Waals surface area contributed by atoms with E-state index in [9.17, 15) is 24.4 Å². The van der Waals surface area contributed by atoms with Crippen LogP contribution in [0.2, 0.25) is 0 Å². The van der Waals surface area contributed by atoms with Crippen molar-refractivity contribution in [2.45, 2.75) is 36.7 Å². The molecule has 2 aromatic rings. The molecule has 12 nitrogen and oxygen atoms in total. The third-order valence-corrected chi connectivity index (χ3v) is 6.23. The molecule has 28 heavy (non-hydrogen) atoms. The first-order valence-corrected chi connectivity index (χ1v) is 10.5. The number of anilines is 1. The number of hydrogen-bond acceptors (Lipinski definition) is 9. The number of imidazole rings is 1. The van der Waals surface area contributed by atoms with E-state index in [0.717, 1.165) is 11.8 Å². The van der Waals surface area contributed by atoms with E-state index < -0.39 is 36.6 Å². The van der Waals surface area contributed by atoms with E-state index in [4.69, 9.17) is 9.42 Å². The minimum absolute atomic E-state index is 0.0134. The van der Waals surface area contributed by atoms with E-state index in [0.29, 0.717) is 0 Å². The zero-order valence-electron chi connectivity index (χ0n) is 14.9. The maximum absolute atomic E-state index is 12.3. The zero-order valence-corrected chi connectivity index (χ0v) is 16.7. The van der Waals surface area contributed by atoms with E-state index in [-0.39, 0.29) is 35.5 Å². The van der Waals surface area contributed by atoms with E-state index in [1.165, 1.54) is 10.9 Å². The van der Waals surface area contributed by atoms with Crippen LogP contribution in [-0.4, -0.2) is 64.6 Å². The normalized spacial score (nSPS) is 26.1. The Bertz CT molecular complexity index is 963. The van der Waals surface area contributed by atoms with Gasteiger partial charge in [0.15, 0.2) is 11.2 Å². The molecule has 1 aliphatic rings. The molecule has 1 unspecified atom stereocenters. The third kappa shape index (κ3) is 4.00. The molecule has 1 aliphatic heterocycles. The first kappa shape index (κ1) is 21.0. The van der Waals surface area contributed by atoms with Gasteiger partial charge in [-0.05, 0) is 0 Å². The van der Waals surface area contributed by atoms with E-state index in [2.05, 4.69) is 20.3 Å². The minimum atomic E-state index is -3.38. The van der Waals surface area contributed by atoms with E-state index >= 15 is 0 Å². The number of nitrogens with zero attached hydrogens (tertiary/aromatic N) is 3. The molecule has 5 N–H and O–H groups in total. The number of aliphatic hydroxyl groups is 2. The first-order chi connectivity index (χ1) is 13.2. The Balaban J connectivity index is 2.04. The number of H-pyrrole nitrogens is 1. The van der Waals surface area contributed by atoms with Crippen molar-refractivity contribution in [1.29, 1.82) is 0 Å². The number of carbonyl (C=O) groups excluding carboxylic acids is 1. The molecule has 154 valence electrons. The van der Waals surface area contributed by atoms with Crippen molar-refractivity contribution < 1.29 is 29.0 Å². The van der Waals surface area contributed by atoms with Crippen molar-refractivity contribution >= 4 is 43.0 Å². The van der Waals surface area contributed by atoms with E-state index in [1.807, 2.05) is 0 Å². The maximum atomic E-state index is 12.3. The van der Waals surface area contributed by atoms with Crippen LogP contribution in [0, 0.1) is 5.92 Å². The highest BCUT2D eigenvalue weighted by atomic mass is 32.2. The predicted molar refractivity (Wildman–Crippen MR) is 101 cm³/mol. The highest BCUT2D eigenvalue weighted by Crippen LogP contribution is 2.46. The van der Waals surface area contributed by atoms with Crippen LogP contribution in [0.3, 0.4) is 0 Å². The quantitative estimate of drug-likeness (QED) is 0.371. The highest BCUT2D eigenvalue weighted by Gasteiger charge is 2.46. The van der Waals surface area contributed by atoms with Crippen LogP contribution < -0.4 is 10.9 Å². The summed E-state index contributed by atoms with van der Waals surface area (Å²) in [5.41, 5.74) is -0.504. The van der Waals surface area contributed by atoms with Crippen LogP contribution in [-0.2, 0) is 13.9 Å². The van der Waals surface area contributed by atoms with Gasteiger partial charge in [-0.15, -0.1) is 11.8 Å². The lowest BCUT2D eigenvalue weighted by Crippen LogP contribution is -2.34. The summed E-state index contributed by atoms with van der Waals surface area (Å²) in [4.78, 5) is 44.0. The van der Waals surface area contributed by atoms with Gasteiger partial charge in [0.25, 0.3) is 5.56 Å². The monoisotopic (exact) mass is 433 g/mol. The molecule has 0 aromatic carbocycles. The molecule has 0 bridgehead atoms. The van der Waals surface area contributed by atoms with Gasteiger partial charge < -0.3 is 19.6 Å². The van der Waals surface area contributed by atoms with Crippen molar-refractivity contribution in [3.05, 3.63) is 16.7 Å². The number of aliphatic hydroxyl groups excluding tert-OH is 2. The molecule has 0 radical (unpaired) electrons. The summed E-state index contributed by atoms with van der Waals surface area (Å²) in [5, 5.41) is 20.8. The molecule has 0 aliphatic carbocycles. The number of nitrogens with one attached hydrogen (secondary N) is 2. The van der Waals surface area contributed by atoms with Gasteiger partial charge in [-0.2, -0.15) is 4.98 Å². The van der Waals surface area contributed by atoms with Gasteiger partial charge in [0.05, 0.1) is 24.3 Å². The molecule has 1 amide bonds. The molecule has 1 fully saturated rings. The summed E-state index contributed by atoms with van der Waals surface area (Å²) < 4.78 is 17.6. The molecule has 5 atom stereocenters. The van der Waals surface area contributed by atoms with Crippen LogP contribution in [0.15, 0.2) is 11.1 Å². The molecule has 3 heterocycles.